The Morgan fingerprint density at radius 1 is 1.07 bits per heavy atom. The molecule has 0 aliphatic heterocycles. The predicted octanol–water partition coefficient (Wildman–Crippen LogP) is 4.78. The maximum atomic E-state index is 12.7. The van der Waals surface area contributed by atoms with Gasteiger partial charge < -0.3 is 15.4 Å². The van der Waals surface area contributed by atoms with Crippen molar-refractivity contribution in [2.75, 3.05) is 17.7 Å². The molecule has 2 aromatic carbocycles. The summed E-state index contributed by atoms with van der Waals surface area (Å²) in [6.45, 7) is 6.79. The molecular weight excluding hydrogens is 364 g/mol. The summed E-state index contributed by atoms with van der Waals surface area (Å²) in [5, 5.41) is 6.17. The fourth-order valence-electron chi connectivity index (χ4n) is 2.99. The lowest BCUT2D eigenvalue weighted by Gasteiger charge is -2.16. The minimum absolute atomic E-state index is 0.220. The molecule has 6 nitrogen and oxygen atoms in total. The molecule has 0 unspecified atom stereocenters. The van der Waals surface area contributed by atoms with Gasteiger partial charge in [0.15, 0.2) is 0 Å². The van der Waals surface area contributed by atoms with E-state index in [4.69, 9.17) is 4.74 Å². The summed E-state index contributed by atoms with van der Waals surface area (Å²) in [5.41, 5.74) is 4.49. The van der Waals surface area contributed by atoms with Gasteiger partial charge in [-0.15, -0.1) is 0 Å². The molecule has 3 aromatic rings. The van der Waals surface area contributed by atoms with E-state index >= 15 is 0 Å². The van der Waals surface area contributed by atoms with E-state index in [2.05, 4.69) is 34.4 Å². The minimum Gasteiger partial charge on any atom is -0.497 e. The predicted molar refractivity (Wildman–Crippen MR) is 116 cm³/mol. The van der Waals surface area contributed by atoms with Crippen LogP contribution in [0.3, 0.4) is 0 Å². The summed E-state index contributed by atoms with van der Waals surface area (Å²) in [6, 6.07) is 13.8. The van der Waals surface area contributed by atoms with Gasteiger partial charge >= 0.3 is 0 Å². The van der Waals surface area contributed by atoms with Crippen molar-refractivity contribution in [2.45, 2.75) is 33.2 Å². The number of amides is 1. The second-order valence-corrected chi connectivity index (χ2v) is 7.14. The molecule has 1 aromatic heterocycles. The Morgan fingerprint density at radius 3 is 2.38 bits per heavy atom. The van der Waals surface area contributed by atoms with Crippen LogP contribution in [0, 0.1) is 6.92 Å². The monoisotopic (exact) mass is 390 g/mol. The fourth-order valence-corrected chi connectivity index (χ4v) is 2.99. The van der Waals surface area contributed by atoms with Crippen molar-refractivity contribution in [3.63, 3.8) is 0 Å². The first-order valence-electron chi connectivity index (χ1n) is 9.57. The molecule has 3 rings (SSSR count). The fraction of sp³-hybridized carbons (Fsp3) is 0.261. The number of hydrogen-bond acceptors (Lipinski definition) is 5. The summed E-state index contributed by atoms with van der Waals surface area (Å²) in [5.74, 6) is 1.37. The van der Waals surface area contributed by atoms with Gasteiger partial charge in [-0.25, -0.2) is 9.97 Å². The van der Waals surface area contributed by atoms with Gasteiger partial charge in [-0.3, -0.25) is 4.79 Å². The molecule has 0 radical (unpaired) electrons. The van der Waals surface area contributed by atoms with E-state index in [0.717, 1.165) is 28.1 Å². The van der Waals surface area contributed by atoms with E-state index in [1.807, 2.05) is 49.4 Å². The summed E-state index contributed by atoms with van der Waals surface area (Å²) >= 11 is 0. The van der Waals surface area contributed by atoms with E-state index in [1.54, 1.807) is 7.11 Å². The van der Waals surface area contributed by atoms with E-state index in [1.165, 1.54) is 12.4 Å². The molecule has 1 amide bonds. The van der Waals surface area contributed by atoms with Crippen molar-refractivity contribution >= 4 is 17.5 Å². The summed E-state index contributed by atoms with van der Waals surface area (Å²) in [7, 11) is 1.64. The summed E-state index contributed by atoms with van der Waals surface area (Å²) < 4.78 is 5.15. The zero-order valence-electron chi connectivity index (χ0n) is 17.2. The molecule has 150 valence electrons. The normalized spacial score (nSPS) is 10.7. The number of methoxy groups -OCH3 is 1. The lowest BCUT2D eigenvalue weighted by molar-refractivity contribution is 0.102. The zero-order valence-corrected chi connectivity index (χ0v) is 17.2. The van der Waals surface area contributed by atoms with Gasteiger partial charge in [0.25, 0.3) is 5.91 Å². The summed E-state index contributed by atoms with van der Waals surface area (Å²) in [4.78, 5) is 21.2. The number of anilines is 2. The van der Waals surface area contributed by atoms with Crippen LogP contribution < -0.4 is 15.4 Å². The maximum Gasteiger partial charge on any atom is 0.258 e. The number of hydrogen-bond donors (Lipinski definition) is 2. The van der Waals surface area contributed by atoms with Crippen molar-refractivity contribution < 1.29 is 9.53 Å². The number of para-hydroxylation sites is 1. The third-order valence-electron chi connectivity index (χ3n) is 4.69. The Kier molecular flexibility index (Phi) is 6.44. The number of carbonyl (C=O) groups excluding carboxylic acids is 1. The van der Waals surface area contributed by atoms with Crippen LogP contribution in [0.25, 0.3) is 0 Å². The van der Waals surface area contributed by atoms with Crippen molar-refractivity contribution in [1.82, 2.24) is 9.97 Å². The van der Waals surface area contributed by atoms with E-state index in [9.17, 15) is 4.79 Å². The topological polar surface area (TPSA) is 76.1 Å². The number of ether oxygens (including phenoxy) is 1. The van der Waals surface area contributed by atoms with Crippen molar-refractivity contribution in [1.29, 1.82) is 0 Å². The Morgan fingerprint density at radius 2 is 1.76 bits per heavy atom. The number of aromatic nitrogens is 2. The van der Waals surface area contributed by atoms with Crippen LogP contribution in [-0.4, -0.2) is 23.0 Å². The lowest BCUT2D eigenvalue weighted by Crippen LogP contribution is -2.16. The van der Waals surface area contributed by atoms with Crippen LogP contribution in [0.2, 0.25) is 0 Å². The Bertz CT molecular complexity index is 967. The van der Waals surface area contributed by atoms with E-state index in [0.29, 0.717) is 24.0 Å². The minimum atomic E-state index is -0.220. The molecular formula is C23H26N4O2. The highest BCUT2D eigenvalue weighted by Gasteiger charge is 2.14. The summed E-state index contributed by atoms with van der Waals surface area (Å²) in [6.07, 6.45) is 3.07. The highest BCUT2D eigenvalue weighted by molar-refractivity contribution is 6.04. The number of rotatable bonds is 7. The second-order valence-electron chi connectivity index (χ2n) is 7.14. The zero-order chi connectivity index (χ0) is 20.8. The maximum absolute atomic E-state index is 12.7. The molecule has 0 saturated heterocycles. The number of nitrogens with one attached hydrogen (secondary N) is 2. The molecule has 0 bridgehead atoms. The molecule has 0 aliphatic carbocycles. The van der Waals surface area contributed by atoms with E-state index in [-0.39, 0.29) is 5.91 Å². The smallest absolute Gasteiger partial charge is 0.258 e. The average Bonchev–Trinajstić information content (AvgIpc) is 2.74. The molecule has 29 heavy (non-hydrogen) atoms. The van der Waals surface area contributed by atoms with Crippen LogP contribution in [0.5, 0.6) is 5.75 Å². The number of aryl methyl sites for hydroxylation is 1. The molecule has 0 atom stereocenters. The number of nitrogens with zero attached hydrogens (tertiary/aromatic N) is 2. The van der Waals surface area contributed by atoms with Gasteiger partial charge in [0.2, 0.25) is 5.95 Å². The highest BCUT2D eigenvalue weighted by Crippen LogP contribution is 2.27. The largest absolute Gasteiger partial charge is 0.497 e. The molecule has 0 spiro atoms. The van der Waals surface area contributed by atoms with Gasteiger partial charge in [-0.05, 0) is 41.7 Å². The molecule has 2 N–H and O–H groups in total. The molecule has 1 heterocycles. The molecule has 0 saturated carbocycles. The third kappa shape index (κ3) is 5.10. The quantitative estimate of drug-likeness (QED) is 0.607. The Labute approximate surface area is 171 Å². The average molecular weight is 390 g/mol. The standard InChI is InChI=1S/C23H26N4O2/c1-15(2)20-7-5-6-16(3)21(20)27-22(28)18-13-25-23(26-14-18)24-12-17-8-10-19(29-4)11-9-17/h5-11,13-15H,12H2,1-4H3,(H,27,28)(H,24,25,26). The molecule has 6 heteroatoms. The van der Waals surface area contributed by atoms with Crippen LogP contribution in [0.15, 0.2) is 54.9 Å². The second kappa shape index (κ2) is 9.19. The number of benzene rings is 2. The first-order valence-corrected chi connectivity index (χ1v) is 9.57. The van der Waals surface area contributed by atoms with E-state index < -0.39 is 0 Å². The van der Waals surface area contributed by atoms with Crippen molar-refractivity contribution in [3.05, 3.63) is 77.1 Å². The third-order valence-corrected chi connectivity index (χ3v) is 4.69. The molecule has 0 fully saturated rings. The van der Waals surface area contributed by atoms with Crippen LogP contribution in [-0.2, 0) is 6.54 Å². The van der Waals surface area contributed by atoms with Gasteiger partial charge in [0.05, 0.1) is 12.7 Å². The Hall–Kier alpha value is -3.41. The SMILES string of the molecule is COc1ccc(CNc2ncc(C(=O)Nc3c(C)cccc3C(C)C)cn2)cc1. The highest BCUT2D eigenvalue weighted by atomic mass is 16.5. The van der Waals surface area contributed by atoms with Gasteiger partial charge in [0.1, 0.15) is 5.75 Å². The lowest BCUT2D eigenvalue weighted by atomic mass is 9.98. The van der Waals surface area contributed by atoms with Crippen LogP contribution in [0.4, 0.5) is 11.6 Å². The van der Waals surface area contributed by atoms with Crippen molar-refractivity contribution in [3.8, 4) is 5.75 Å². The van der Waals surface area contributed by atoms with Gasteiger partial charge in [-0.2, -0.15) is 0 Å². The van der Waals surface area contributed by atoms with Crippen LogP contribution >= 0.6 is 0 Å². The first-order chi connectivity index (χ1) is 14.0. The molecule has 0 aliphatic rings. The van der Waals surface area contributed by atoms with Crippen LogP contribution in [0.1, 0.15) is 46.8 Å². The van der Waals surface area contributed by atoms with Crippen molar-refractivity contribution in [2.24, 2.45) is 0 Å². The Balaban J connectivity index is 1.64. The van der Waals surface area contributed by atoms with Gasteiger partial charge in [-0.1, -0.05) is 44.2 Å². The first kappa shape index (κ1) is 20.3. The number of carbonyl (C=O) groups is 1. The van der Waals surface area contributed by atoms with Gasteiger partial charge in [0, 0.05) is 24.6 Å².